The van der Waals surface area contributed by atoms with Crippen LogP contribution in [-0.2, 0) is 6.42 Å². The Hall–Kier alpha value is -0.700. The molecule has 88 valence electrons. The summed E-state index contributed by atoms with van der Waals surface area (Å²) in [5, 5.41) is 0.695. The van der Waals surface area contributed by atoms with Gasteiger partial charge in [0.05, 0.1) is 0 Å². The summed E-state index contributed by atoms with van der Waals surface area (Å²) in [5.41, 5.74) is 9.04. The monoisotopic (exact) mass is 259 g/mol. The molecule has 0 aliphatic carbocycles. The Balaban J connectivity index is 2.77. The third kappa shape index (κ3) is 4.05. The Kier molecular flexibility index (Phi) is 5.67. The smallest absolute Gasteiger partial charge is 0.123 e. The molecule has 0 radical (unpaired) electrons. The van der Waals surface area contributed by atoms with E-state index < -0.39 is 0 Å². The maximum atomic E-state index is 5.91. The van der Waals surface area contributed by atoms with Gasteiger partial charge in [0.25, 0.3) is 0 Å². The van der Waals surface area contributed by atoms with Gasteiger partial charge in [0.2, 0.25) is 0 Å². The van der Waals surface area contributed by atoms with Crippen LogP contribution in [-0.4, -0.2) is 13.2 Å². The molecule has 0 unspecified atom stereocenters. The highest BCUT2D eigenvalue weighted by molar-refractivity contribution is 6.30. The van der Waals surface area contributed by atoms with Gasteiger partial charge in [-0.15, -0.1) is 0 Å². The number of rotatable bonds is 5. The number of hydrogen-bond donors (Lipinski definition) is 1. The van der Waals surface area contributed by atoms with Crippen LogP contribution in [0, 0.1) is 0 Å². The molecule has 0 aliphatic heterocycles. The molecular weight excluding hydrogens is 245 g/mol. The zero-order valence-electron chi connectivity index (χ0n) is 9.17. The zero-order chi connectivity index (χ0) is 12.0. The first-order valence-corrected chi connectivity index (χ1v) is 5.86. The van der Waals surface area contributed by atoms with Crippen molar-refractivity contribution in [3.8, 4) is 5.75 Å². The van der Waals surface area contributed by atoms with E-state index in [-0.39, 0.29) is 0 Å². The highest BCUT2D eigenvalue weighted by atomic mass is 35.5. The molecule has 0 atom stereocenters. The van der Waals surface area contributed by atoms with Crippen molar-refractivity contribution in [1.29, 1.82) is 0 Å². The fourth-order valence-corrected chi connectivity index (χ4v) is 1.52. The minimum Gasteiger partial charge on any atom is -0.489 e. The number of halogens is 2. The molecule has 0 aromatic heterocycles. The summed E-state index contributed by atoms with van der Waals surface area (Å²) in [5.74, 6) is 0.813. The van der Waals surface area contributed by atoms with Gasteiger partial charge in [0.15, 0.2) is 0 Å². The molecule has 1 aromatic carbocycles. The average Bonchev–Trinajstić information content (AvgIpc) is 2.28. The van der Waals surface area contributed by atoms with E-state index in [1.165, 1.54) is 5.54 Å². The highest BCUT2D eigenvalue weighted by Crippen LogP contribution is 2.23. The Labute approximate surface area is 106 Å². The lowest BCUT2D eigenvalue weighted by Crippen LogP contribution is -2.06. The van der Waals surface area contributed by atoms with Crippen LogP contribution < -0.4 is 10.5 Å². The molecule has 0 bridgehead atoms. The van der Waals surface area contributed by atoms with Crippen molar-refractivity contribution in [3.05, 3.63) is 39.9 Å². The topological polar surface area (TPSA) is 35.2 Å². The summed E-state index contributed by atoms with van der Waals surface area (Å²) >= 11 is 11.5. The van der Waals surface area contributed by atoms with Gasteiger partial charge in [0, 0.05) is 10.6 Å². The van der Waals surface area contributed by atoms with Crippen LogP contribution in [0.5, 0.6) is 5.75 Å². The molecule has 2 nitrogen and oxygen atoms in total. The van der Waals surface area contributed by atoms with Gasteiger partial charge < -0.3 is 10.5 Å². The normalized spacial score (nSPS) is 11.6. The molecule has 1 rings (SSSR count). The van der Waals surface area contributed by atoms with Crippen molar-refractivity contribution in [1.82, 2.24) is 0 Å². The fourth-order valence-electron chi connectivity index (χ4n) is 1.26. The Morgan fingerprint density at radius 3 is 2.88 bits per heavy atom. The summed E-state index contributed by atoms with van der Waals surface area (Å²) in [4.78, 5) is 0. The van der Waals surface area contributed by atoms with Gasteiger partial charge in [-0.3, -0.25) is 0 Å². The highest BCUT2D eigenvalue weighted by Gasteiger charge is 2.04. The number of hydrogen-bond acceptors (Lipinski definition) is 2. The predicted octanol–water partition coefficient (Wildman–Crippen LogP) is 3.36. The van der Waals surface area contributed by atoms with Crippen molar-refractivity contribution in [3.63, 3.8) is 0 Å². The summed E-state index contributed by atoms with van der Waals surface area (Å²) in [7, 11) is 0. The molecule has 0 saturated carbocycles. The van der Waals surface area contributed by atoms with Crippen molar-refractivity contribution in [2.24, 2.45) is 5.73 Å². The van der Waals surface area contributed by atoms with Gasteiger partial charge >= 0.3 is 0 Å². The van der Waals surface area contributed by atoms with Gasteiger partial charge in [-0.2, -0.15) is 0 Å². The maximum absolute atomic E-state index is 5.91. The van der Waals surface area contributed by atoms with E-state index in [0.29, 0.717) is 18.2 Å². The minimum absolute atomic E-state index is 0.475. The molecule has 0 saturated heterocycles. The van der Waals surface area contributed by atoms with E-state index in [1.54, 1.807) is 6.07 Å². The summed E-state index contributed by atoms with van der Waals surface area (Å²) in [6.07, 6.45) is 0.750. The van der Waals surface area contributed by atoms with Crippen LogP contribution in [0.3, 0.4) is 0 Å². The third-order valence-corrected chi connectivity index (χ3v) is 2.69. The number of ether oxygens (including phenoxy) is 1. The van der Waals surface area contributed by atoms with E-state index in [2.05, 4.69) is 0 Å². The predicted molar refractivity (Wildman–Crippen MR) is 69.3 cm³/mol. The lowest BCUT2D eigenvalue weighted by Gasteiger charge is -2.11. The van der Waals surface area contributed by atoms with Crippen LogP contribution in [0.1, 0.15) is 12.5 Å². The van der Waals surface area contributed by atoms with E-state index in [4.69, 9.17) is 33.7 Å². The number of benzene rings is 1. The van der Waals surface area contributed by atoms with Crippen LogP contribution >= 0.6 is 23.2 Å². The van der Waals surface area contributed by atoms with Gasteiger partial charge in [0.1, 0.15) is 12.4 Å². The molecule has 16 heavy (non-hydrogen) atoms. The number of nitrogens with two attached hydrogens (primary N) is 1. The second kappa shape index (κ2) is 6.79. The van der Waals surface area contributed by atoms with E-state index in [1.807, 2.05) is 19.1 Å². The molecule has 0 aliphatic rings. The van der Waals surface area contributed by atoms with Crippen LogP contribution in [0.4, 0.5) is 0 Å². The Morgan fingerprint density at radius 2 is 2.25 bits per heavy atom. The SMILES string of the molecule is C/C(=C/Cl)COc1ccc(Cl)cc1CCN. The zero-order valence-corrected chi connectivity index (χ0v) is 10.7. The average molecular weight is 260 g/mol. The summed E-state index contributed by atoms with van der Waals surface area (Å²) < 4.78 is 5.63. The third-order valence-electron chi connectivity index (χ3n) is 2.08. The molecule has 4 heteroatoms. The minimum atomic E-state index is 0.475. The lowest BCUT2D eigenvalue weighted by atomic mass is 10.1. The molecule has 2 N–H and O–H groups in total. The second-order valence-electron chi connectivity index (χ2n) is 3.53. The first-order valence-electron chi connectivity index (χ1n) is 5.04. The van der Waals surface area contributed by atoms with Crippen LogP contribution in [0.2, 0.25) is 5.02 Å². The summed E-state index contributed by atoms with van der Waals surface area (Å²) in [6.45, 7) is 2.95. The van der Waals surface area contributed by atoms with Crippen LogP contribution in [0.15, 0.2) is 29.3 Å². The first kappa shape index (κ1) is 13.4. The van der Waals surface area contributed by atoms with Gasteiger partial charge in [-0.25, -0.2) is 0 Å². The van der Waals surface area contributed by atoms with Crippen molar-refractivity contribution < 1.29 is 4.74 Å². The van der Waals surface area contributed by atoms with Crippen molar-refractivity contribution >= 4 is 23.2 Å². The van der Waals surface area contributed by atoms with Crippen LogP contribution in [0.25, 0.3) is 0 Å². The van der Waals surface area contributed by atoms with Crippen molar-refractivity contribution in [2.45, 2.75) is 13.3 Å². The van der Waals surface area contributed by atoms with E-state index >= 15 is 0 Å². The maximum Gasteiger partial charge on any atom is 0.123 e. The molecule has 0 spiro atoms. The first-order chi connectivity index (χ1) is 7.67. The largest absolute Gasteiger partial charge is 0.489 e. The Morgan fingerprint density at radius 1 is 1.50 bits per heavy atom. The standard InChI is InChI=1S/C12H15Cl2NO/c1-9(7-13)8-16-12-3-2-11(14)6-10(12)4-5-15/h2-3,6-7H,4-5,8,15H2,1H3/b9-7-. The van der Waals surface area contributed by atoms with Gasteiger partial charge in [-0.1, -0.05) is 23.2 Å². The summed E-state index contributed by atoms with van der Waals surface area (Å²) in [6, 6.07) is 5.54. The fraction of sp³-hybridized carbons (Fsp3) is 0.333. The van der Waals surface area contributed by atoms with E-state index in [9.17, 15) is 0 Å². The second-order valence-corrected chi connectivity index (χ2v) is 4.19. The quantitative estimate of drug-likeness (QED) is 0.880. The van der Waals surface area contributed by atoms with Crippen molar-refractivity contribution in [2.75, 3.05) is 13.2 Å². The lowest BCUT2D eigenvalue weighted by molar-refractivity contribution is 0.348. The molecule has 0 fully saturated rings. The molecule has 0 heterocycles. The molecular formula is C12H15Cl2NO. The molecule has 0 amide bonds. The van der Waals surface area contributed by atoms with E-state index in [0.717, 1.165) is 23.3 Å². The Bertz CT molecular complexity index is 377. The van der Waals surface area contributed by atoms with Gasteiger partial charge in [-0.05, 0) is 49.2 Å². The molecule has 1 aromatic rings.